The SMILES string of the molecule is COc1cc(C=CCCSC(C)=O)ccn1. The number of hydrogen-bond acceptors (Lipinski definition) is 4. The molecule has 0 N–H and O–H groups in total. The van der Waals surface area contributed by atoms with Gasteiger partial charge in [0.05, 0.1) is 7.11 Å². The molecule has 0 saturated heterocycles. The Bertz CT molecular complexity index is 377. The summed E-state index contributed by atoms with van der Waals surface area (Å²) in [6, 6.07) is 3.78. The minimum atomic E-state index is 0.166. The second kappa shape index (κ2) is 7.06. The fourth-order valence-electron chi connectivity index (χ4n) is 1.13. The van der Waals surface area contributed by atoms with Crippen LogP contribution in [0.1, 0.15) is 18.9 Å². The Morgan fingerprint density at radius 3 is 3.12 bits per heavy atom. The fourth-order valence-corrected chi connectivity index (χ4v) is 1.67. The molecule has 0 radical (unpaired) electrons. The van der Waals surface area contributed by atoms with E-state index in [1.54, 1.807) is 20.2 Å². The molecule has 0 bridgehead atoms. The van der Waals surface area contributed by atoms with E-state index >= 15 is 0 Å². The average molecular weight is 237 g/mol. The van der Waals surface area contributed by atoms with Crippen molar-refractivity contribution >= 4 is 23.0 Å². The summed E-state index contributed by atoms with van der Waals surface area (Å²) in [5, 5.41) is 0.166. The summed E-state index contributed by atoms with van der Waals surface area (Å²) in [7, 11) is 1.60. The molecule has 0 amide bonds. The van der Waals surface area contributed by atoms with Gasteiger partial charge in [-0.25, -0.2) is 4.98 Å². The number of ether oxygens (including phenoxy) is 1. The quantitative estimate of drug-likeness (QED) is 0.738. The van der Waals surface area contributed by atoms with Gasteiger partial charge in [-0.05, 0) is 18.1 Å². The zero-order chi connectivity index (χ0) is 11.8. The van der Waals surface area contributed by atoms with Gasteiger partial charge in [0, 0.05) is 24.9 Å². The molecule has 3 nitrogen and oxygen atoms in total. The number of methoxy groups -OCH3 is 1. The van der Waals surface area contributed by atoms with Crippen LogP contribution < -0.4 is 4.74 Å². The summed E-state index contributed by atoms with van der Waals surface area (Å²) in [6.45, 7) is 1.59. The predicted molar refractivity (Wildman–Crippen MR) is 67.6 cm³/mol. The number of nitrogens with zero attached hydrogens (tertiary/aromatic N) is 1. The molecule has 1 aromatic heterocycles. The Balaban J connectivity index is 2.40. The lowest BCUT2D eigenvalue weighted by Gasteiger charge is -1.98. The first-order valence-electron chi connectivity index (χ1n) is 5.02. The summed E-state index contributed by atoms with van der Waals surface area (Å²) in [4.78, 5) is 14.7. The largest absolute Gasteiger partial charge is 0.481 e. The topological polar surface area (TPSA) is 39.2 Å². The van der Waals surface area contributed by atoms with Crippen LogP contribution in [0.3, 0.4) is 0 Å². The van der Waals surface area contributed by atoms with Crippen LogP contribution in [0.25, 0.3) is 6.08 Å². The van der Waals surface area contributed by atoms with Gasteiger partial charge in [-0.3, -0.25) is 4.79 Å². The Morgan fingerprint density at radius 1 is 1.62 bits per heavy atom. The summed E-state index contributed by atoms with van der Waals surface area (Å²) in [6.07, 6.45) is 6.65. The number of allylic oxidation sites excluding steroid dienone is 1. The molecular weight excluding hydrogens is 222 g/mol. The van der Waals surface area contributed by atoms with Crippen molar-refractivity contribution in [1.29, 1.82) is 0 Å². The molecule has 16 heavy (non-hydrogen) atoms. The summed E-state index contributed by atoms with van der Waals surface area (Å²) < 4.78 is 5.02. The third-order valence-electron chi connectivity index (χ3n) is 1.87. The van der Waals surface area contributed by atoms with E-state index in [2.05, 4.69) is 4.98 Å². The number of carbonyl (C=O) groups is 1. The first-order chi connectivity index (χ1) is 7.72. The molecule has 0 spiro atoms. The predicted octanol–water partition coefficient (Wildman–Crippen LogP) is 2.77. The van der Waals surface area contributed by atoms with E-state index in [1.165, 1.54) is 11.8 Å². The third-order valence-corrected chi connectivity index (χ3v) is 2.71. The molecule has 0 atom stereocenters. The molecule has 4 heteroatoms. The Kier molecular flexibility index (Phi) is 5.64. The van der Waals surface area contributed by atoms with Gasteiger partial charge in [0.15, 0.2) is 5.12 Å². The lowest BCUT2D eigenvalue weighted by atomic mass is 10.2. The Morgan fingerprint density at radius 2 is 2.44 bits per heavy atom. The highest BCUT2D eigenvalue weighted by atomic mass is 32.2. The van der Waals surface area contributed by atoms with Gasteiger partial charge in [0.25, 0.3) is 0 Å². The van der Waals surface area contributed by atoms with Crippen molar-refractivity contribution in [2.45, 2.75) is 13.3 Å². The van der Waals surface area contributed by atoms with Crippen molar-refractivity contribution in [2.75, 3.05) is 12.9 Å². The molecule has 0 aromatic carbocycles. The minimum absolute atomic E-state index is 0.166. The number of carbonyl (C=O) groups excluding carboxylic acids is 1. The van der Waals surface area contributed by atoms with Crippen molar-refractivity contribution in [3.8, 4) is 5.88 Å². The van der Waals surface area contributed by atoms with Crippen LogP contribution in [-0.2, 0) is 4.79 Å². The maximum Gasteiger partial charge on any atom is 0.213 e. The maximum atomic E-state index is 10.7. The Hall–Kier alpha value is -1.29. The van der Waals surface area contributed by atoms with Crippen molar-refractivity contribution < 1.29 is 9.53 Å². The van der Waals surface area contributed by atoms with Crippen molar-refractivity contribution in [3.63, 3.8) is 0 Å². The van der Waals surface area contributed by atoms with Gasteiger partial charge < -0.3 is 4.74 Å². The summed E-state index contributed by atoms with van der Waals surface area (Å²) in [5.41, 5.74) is 1.06. The van der Waals surface area contributed by atoms with E-state index in [9.17, 15) is 4.79 Å². The zero-order valence-corrected chi connectivity index (χ0v) is 10.3. The molecule has 0 fully saturated rings. The van der Waals surface area contributed by atoms with E-state index in [-0.39, 0.29) is 5.12 Å². The summed E-state index contributed by atoms with van der Waals surface area (Å²) in [5.74, 6) is 1.44. The van der Waals surface area contributed by atoms with Crippen LogP contribution in [0, 0.1) is 0 Å². The van der Waals surface area contributed by atoms with Gasteiger partial charge in [-0.1, -0.05) is 23.9 Å². The standard InChI is InChI=1S/C12H15NO2S/c1-10(14)16-8-4-3-5-11-6-7-13-12(9-11)15-2/h3,5-7,9H,4,8H2,1-2H3. The zero-order valence-electron chi connectivity index (χ0n) is 9.47. The molecule has 86 valence electrons. The molecule has 0 unspecified atom stereocenters. The number of thioether (sulfide) groups is 1. The lowest BCUT2D eigenvalue weighted by Crippen LogP contribution is -1.87. The molecule has 1 aromatic rings. The van der Waals surface area contributed by atoms with E-state index in [4.69, 9.17) is 4.74 Å². The smallest absolute Gasteiger partial charge is 0.213 e. The van der Waals surface area contributed by atoms with Crippen LogP contribution in [0.15, 0.2) is 24.4 Å². The average Bonchev–Trinajstić information content (AvgIpc) is 2.28. The van der Waals surface area contributed by atoms with Gasteiger partial charge >= 0.3 is 0 Å². The normalized spacial score (nSPS) is 10.6. The third kappa shape index (κ3) is 4.98. The molecule has 0 saturated carbocycles. The molecular formula is C12H15NO2S. The fraction of sp³-hybridized carbons (Fsp3) is 0.333. The highest BCUT2D eigenvalue weighted by molar-refractivity contribution is 8.13. The molecule has 0 aliphatic heterocycles. The molecule has 1 rings (SSSR count). The highest BCUT2D eigenvalue weighted by Crippen LogP contribution is 2.11. The first-order valence-corrected chi connectivity index (χ1v) is 6.01. The maximum absolute atomic E-state index is 10.7. The van der Waals surface area contributed by atoms with Crippen LogP contribution in [0.2, 0.25) is 0 Å². The molecule has 0 aliphatic carbocycles. The number of rotatable bonds is 5. The summed E-state index contributed by atoms with van der Waals surface area (Å²) >= 11 is 1.35. The number of hydrogen-bond donors (Lipinski definition) is 0. The van der Waals surface area contributed by atoms with Crippen molar-refractivity contribution in [2.24, 2.45) is 0 Å². The number of aromatic nitrogens is 1. The van der Waals surface area contributed by atoms with Crippen LogP contribution in [0.5, 0.6) is 5.88 Å². The van der Waals surface area contributed by atoms with Gasteiger partial charge in [-0.2, -0.15) is 0 Å². The van der Waals surface area contributed by atoms with E-state index in [1.807, 2.05) is 24.3 Å². The van der Waals surface area contributed by atoms with Gasteiger partial charge in [0.1, 0.15) is 0 Å². The molecule has 0 aliphatic rings. The highest BCUT2D eigenvalue weighted by Gasteiger charge is 1.93. The Labute approximate surface area is 99.9 Å². The minimum Gasteiger partial charge on any atom is -0.481 e. The lowest BCUT2D eigenvalue weighted by molar-refractivity contribution is -0.109. The van der Waals surface area contributed by atoms with E-state index in [0.29, 0.717) is 5.88 Å². The second-order valence-electron chi connectivity index (χ2n) is 3.16. The van der Waals surface area contributed by atoms with Crippen LogP contribution in [0.4, 0.5) is 0 Å². The number of pyridine rings is 1. The monoisotopic (exact) mass is 237 g/mol. The van der Waals surface area contributed by atoms with Crippen LogP contribution >= 0.6 is 11.8 Å². The molecule has 1 heterocycles. The second-order valence-corrected chi connectivity index (χ2v) is 4.43. The van der Waals surface area contributed by atoms with Crippen molar-refractivity contribution in [3.05, 3.63) is 30.0 Å². The van der Waals surface area contributed by atoms with Gasteiger partial charge in [0.2, 0.25) is 5.88 Å². The first kappa shape index (κ1) is 12.8. The van der Waals surface area contributed by atoms with Crippen molar-refractivity contribution in [1.82, 2.24) is 4.98 Å². The van der Waals surface area contributed by atoms with Crippen LogP contribution in [-0.4, -0.2) is 23.0 Å². The van der Waals surface area contributed by atoms with Gasteiger partial charge in [-0.15, -0.1) is 0 Å². The van der Waals surface area contributed by atoms with E-state index in [0.717, 1.165) is 17.7 Å². The van der Waals surface area contributed by atoms with E-state index < -0.39 is 0 Å².